The number of para-hydroxylation sites is 2. The number of aliphatic imine (C=N–C) groups is 1. The first-order valence-corrected chi connectivity index (χ1v) is 13.9. The second-order valence-corrected chi connectivity index (χ2v) is 11.4. The second-order valence-electron chi connectivity index (χ2n) is 11.4. The Balaban J connectivity index is 1.40. The lowest BCUT2D eigenvalue weighted by molar-refractivity contribution is 0.584. The van der Waals surface area contributed by atoms with E-state index in [-0.39, 0.29) is 5.41 Å². The summed E-state index contributed by atoms with van der Waals surface area (Å²) in [7, 11) is 0. The lowest BCUT2D eigenvalue weighted by atomic mass is 9.84. The Morgan fingerprint density at radius 3 is 2.34 bits per heavy atom. The van der Waals surface area contributed by atoms with E-state index in [2.05, 4.69) is 98.6 Å². The number of aromatic nitrogens is 2. The molecule has 5 aromatic carbocycles. The van der Waals surface area contributed by atoms with Gasteiger partial charge < -0.3 is 4.42 Å². The Hall–Kier alpha value is -5.09. The Bertz CT molecular complexity index is 2090. The van der Waals surface area contributed by atoms with Crippen LogP contribution in [0.5, 0.6) is 0 Å². The van der Waals surface area contributed by atoms with Crippen molar-refractivity contribution in [2.75, 3.05) is 0 Å². The maximum Gasteiger partial charge on any atom is 0.229 e. The van der Waals surface area contributed by atoms with Gasteiger partial charge in [-0.3, -0.25) is 9.98 Å². The van der Waals surface area contributed by atoms with Crippen molar-refractivity contribution in [3.63, 3.8) is 0 Å². The molecule has 0 unspecified atom stereocenters. The second kappa shape index (κ2) is 9.83. The molecule has 0 N–H and O–H groups in total. The minimum Gasteiger partial charge on any atom is -0.436 e. The first-order valence-electron chi connectivity index (χ1n) is 13.9. The van der Waals surface area contributed by atoms with Crippen molar-refractivity contribution < 1.29 is 4.42 Å². The summed E-state index contributed by atoms with van der Waals surface area (Å²) < 4.78 is 6.53. The molecule has 0 fully saturated rings. The normalized spacial score (nSPS) is 12.2. The summed E-state index contributed by atoms with van der Waals surface area (Å²) in [5, 5.41) is 3.45. The van der Waals surface area contributed by atoms with E-state index in [4.69, 9.17) is 14.4 Å². The summed E-state index contributed by atoms with van der Waals surface area (Å²) in [5.74, 6) is 0.552. The molecule has 0 aliphatic carbocycles. The van der Waals surface area contributed by atoms with E-state index >= 15 is 0 Å². The molecule has 7 rings (SSSR count). The topological polar surface area (TPSA) is 51.3 Å². The molecule has 0 saturated heterocycles. The average molecular weight is 532 g/mol. The van der Waals surface area contributed by atoms with E-state index in [9.17, 15) is 0 Å². The van der Waals surface area contributed by atoms with Gasteiger partial charge in [-0.25, -0.2) is 4.98 Å². The standard InChI is InChI=1S/C37H29N3O/c1-37(2,3)26-21-31(28-19-20-38-32-17-8-6-15-29(28)32)35-34(22-26)41-36(40-35)30-16-7-9-18-33(30)39-23-25-13-10-12-24-11-4-5-14-27(24)25/h4-23H,1-3H3. The van der Waals surface area contributed by atoms with Crippen molar-refractivity contribution in [2.24, 2.45) is 4.99 Å². The van der Waals surface area contributed by atoms with Gasteiger partial charge in [0.2, 0.25) is 5.89 Å². The number of benzene rings is 5. The molecule has 0 aliphatic heterocycles. The molecule has 7 aromatic rings. The van der Waals surface area contributed by atoms with Crippen molar-refractivity contribution in [3.05, 3.63) is 127 Å². The number of nitrogens with zero attached hydrogens (tertiary/aromatic N) is 3. The lowest BCUT2D eigenvalue weighted by Crippen LogP contribution is -2.11. The van der Waals surface area contributed by atoms with Crippen LogP contribution in [0.1, 0.15) is 31.9 Å². The van der Waals surface area contributed by atoms with Crippen LogP contribution in [0.25, 0.3) is 55.4 Å². The van der Waals surface area contributed by atoms with Gasteiger partial charge in [0.15, 0.2) is 5.58 Å². The molecule has 4 heteroatoms. The molecule has 0 aliphatic rings. The third-order valence-corrected chi connectivity index (χ3v) is 7.60. The maximum absolute atomic E-state index is 6.53. The summed E-state index contributed by atoms with van der Waals surface area (Å²) in [5.41, 5.74) is 8.51. The number of rotatable bonds is 4. The predicted molar refractivity (Wildman–Crippen MR) is 170 cm³/mol. The third-order valence-electron chi connectivity index (χ3n) is 7.60. The van der Waals surface area contributed by atoms with Gasteiger partial charge in [0.25, 0.3) is 0 Å². The molecular weight excluding hydrogens is 502 g/mol. The van der Waals surface area contributed by atoms with Gasteiger partial charge in [-0.1, -0.05) is 93.6 Å². The number of hydrogen-bond acceptors (Lipinski definition) is 4. The van der Waals surface area contributed by atoms with Gasteiger partial charge in [-0.15, -0.1) is 0 Å². The Morgan fingerprint density at radius 1 is 0.707 bits per heavy atom. The minimum absolute atomic E-state index is 0.0701. The molecule has 0 bridgehead atoms. The first-order chi connectivity index (χ1) is 20.0. The monoisotopic (exact) mass is 531 g/mol. The fourth-order valence-corrected chi connectivity index (χ4v) is 5.38. The maximum atomic E-state index is 6.53. The van der Waals surface area contributed by atoms with E-state index in [1.807, 2.05) is 48.8 Å². The van der Waals surface area contributed by atoms with Gasteiger partial charge in [0.1, 0.15) is 5.52 Å². The van der Waals surface area contributed by atoms with Crippen LogP contribution in [-0.2, 0) is 5.41 Å². The molecule has 0 amide bonds. The van der Waals surface area contributed by atoms with Crippen LogP contribution in [0, 0.1) is 0 Å². The molecule has 198 valence electrons. The van der Waals surface area contributed by atoms with E-state index in [1.54, 1.807) is 0 Å². The third kappa shape index (κ3) is 4.57. The SMILES string of the molecule is CC(C)(C)c1cc(-c2ccnc3ccccc23)c2nc(-c3ccccc3N=Cc3cccc4ccccc34)oc2c1. The molecule has 2 heterocycles. The van der Waals surface area contributed by atoms with Crippen LogP contribution in [0.15, 0.2) is 125 Å². The van der Waals surface area contributed by atoms with Crippen molar-refractivity contribution in [1.29, 1.82) is 0 Å². The number of pyridine rings is 1. The van der Waals surface area contributed by atoms with Gasteiger partial charge in [-0.2, -0.15) is 0 Å². The molecule has 0 radical (unpaired) electrons. The van der Waals surface area contributed by atoms with Gasteiger partial charge in [0, 0.05) is 28.9 Å². The summed E-state index contributed by atoms with van der Waals surface area (Å²) in [4.78, 5) is 14.6. The molecular formula is C37H29N3O. The summed E-state index contributed by atoms with van der Waals surface area (Å²) >= 11 is 0. The zero-order chi connectivity index (χ0) is 28.0. The largest absolute Gasteiger partial charge is 0.436 e. The summed E-state index contributed by atoms with van der Waals surface area (Å²) in [6.07, 6.45) is 3.79. The summed E-state index contributed by atoms with van der Waals surface area (Å²) in [6.45, 7) is 6.66. The average Bonchev–Trinajstić information content (AvgIpc) is 3.43. The van der Waals surface area contributed by atoms with Crippen LogP contribution in [-0.4, -0.2) is 16.2 Å². The van der Waals surface area contributed by atoms with Crippen LogP contribution in [0.2, 0.25) is 0 Å². The highest BCUT2D eigenvalue weighted by Crippen LogP contribution is 2.40. The van der Waals surface area contributed by atoms with Crippen LogP contribution < -0.4 is 0 Å². The number of fused-ring (bicyclic) bond motifs is 3. The smallest absolute Gasteiger partial charge is 0.229 e. The zero-order valence-corrected chi connectivity index (χ0v) is 23.3. The van der Waals surface area contributed by atoms with Crippen molar-refractivity contribution in [3.8, 4) is 22.6 Å². The molecule has 0 spiro atoms. The van der Waals surface area contributed by atoms with E-state index in [1.165, 1.54) is 16.3 Å². The van der Waals surface area contributed by atoms with Gasteiger partial charge >= 0.3 is 0 Å². The van der Waals surface area contributed by atoms with Gasteiger partial charge in [0.05, 0.1) is 16.8 Å². The molecule has 41 heavy (non-hydrogen) atoms. The van der Waals surface area contributed by atoms with Crippen LogP contribution in [0.3, 0.4) is 0 Å². The Labute approximate surface area is 239 Å². The van der Waals surface area contributed by atoms with E-state index < -0.39 is 0 Å². The molecule has 2 aromatic heterocycles. The Kier molecular flexibility index (Phi) is 5.97. The van der Waals surface area contributed by atoms with Crippen LogP contribution >= 0.6 is 0 Å². The fourth-order valence-electron chi connectivity index (χ4n) is 5.38. The predicted octanol–water partition coefficient (Wildman–Crippen LogP) is 9.91. The quantitative estimate of drug-likeness (QED) is 0.212. The highest BCUT2D eigenvalue weighted by atomic mass is 16.3. The summed E-state index contributed by atoms with van der Waals surface area (Å²) in [6, 6.07) is 37.3. The Morgan fingerprint density at radius 2 is 1.46 bits per heavy atom. The fraction of sp³-hybridized carbons (Fsp3) is 0.108. The van der Waals surface area contributed by atoms with Crippen molar-refractivity contribution in [2.45, 2.75) is 26.2 Å². The highest BCUT2D eigenvalue weighted by molar-refractivity contribution is 6.03. The van der Waals surface area contributed by atoms with E-state index in [0.717, 1.165) is 49.9 Å². The van der Waals surface area contributed by atoms with Crippen molar-refractivity contribution in [1.82, 2.24) is 9.97 Å². The number of hydrogen-bond donors (Lipinski definition) is 0. The molecule has 0 saturated carbocycles. The molecule has 0 atom stereocenters. The lowest BCUT2D eigenvalue weighted by Gasteiger charge is -2.20. The van der Waals surface area contributed by atoms with E-state index in [0.29, 0.717) is 5.89 Å². The first kappa shape index (κ1) is 24.9. The molecule has 4 nitrogen and oxygen atoms in total. The van der Waals surface area contributed by atoms with Gasteiger partial charge in [-0.05, 0) is 63.7 Å². The highest BCUT2D eigenvalue weighted by Gasteiger charge is 2.22. The van der Waals surface area contributed by atoms with Crippen LogP contribution in [0.4, 0.5) is 5.69 Å². The zero-order valence-electron chi connectivity index (χ0n) is 23.3. The van der Waals surface area contributed by atoms with Crippen molar-refractivity contribution >= 4 is 44.7 Å². The minimum atomic E-state index is -0.0701. The number of oxazole rings is 1.